The fraction of sp³-hybridized carbons (Fsp3) is 0.333. The third-order valence-electron chi connectivity index (χ3n) is 5.02. The van der Waals surface area contributed by atoms with E-state index in [0.29, 0.717) is 17.7 Å². The molecule has 0 aromatic heterocycles. The molecule has 0 spiro atoms. The minimum absolute atomic E-state index is 0.247. The van der Waals surface area contributed by atoms with Crippen molar-refractivity contribution in [2.24, 2.45) is 0 Å². The molecule has 3 rings (SSSR count). The second-order valence-electron chi connectivity index (χ2n) is 6.83. The van der Waals surface area contributed by atoms with Crippen LogP contribution in [0.4, 0.5) is 13.2 Å². The van der Waals surface area contributed by atoms with Crippen molar-refractivity contribution in [3.63, 3.8) is 0 Å². The van der Waals surface area contributed by atoms with E-state index in [4.69, 9.17) is 4.74 Å². The van der Waals surface area contributed by atoms with Gasteiger partial charge in [0.1, 0.15) is 0 Å². The standard InChI is InChI=1S/C21H21F3N2O3/c1-26-18(13-6-5-7-14(12-13)21(22,23)24)17(19(27)25-10-11-29-2)15-8-3-4-9-16(15)20(26)28/h3-9,12,17-18H,10-11H2,1-2H3,(H,25,27). The first-order chi connectivity index (χ1) is 13.8. The van der Waals surface area contributed by atoms with Crippen LogP contribution in [0.3, 0.4) is 0 Å². The van der Waals surface area contributed by atoms with Crippen LogP contribution in [0.1, 0.15) is 39.0 Å². The fourth-order valence-electron chi connectivity index (χ4n) is 3.66. The fourth-order valence-corrected chi connectivity index (χ4v) is 3.66. The molecule has 0 radical (unpaired) electrons. The van der Waals surface area contributed by atoms with Crippen molar-refractivity contribution in [2.75, 3.05) is 27.3 Å². The Hall–Kier alpha value is -2.87. The first-order valence-corrected chi connectivity index (χ1v) is 9.05. The van der Waals surface area contributed by atoms with Crippen LogP contribution in [0.15, 0.2) is 48.5 Å². The van der Waals surface area contributed by atoms with E-state index in [0.717, 1.165) is 12.1 Å². The normalized spacial score (nSPS) is 19.1. The average Bonchev–Trinajstić information content (AvgIpc) is 2.70. The lowest BCUT2D eigenvalue weighted by Crippen LogP contribution is -2.46. The average molecular weight is 406 g/mol. The van der Waals surface area contributed by atoms with Crippen molar-refractivity contribution >= 4 is 11.8 Å². The number of hydrogen-bond donors (Lipinski definition) is 1. The summed E-state index contributed by atoms with van der Waals surface area (Å²) in [6, 6.07) is 10.6. The molecule has 0 aliphatic carbocycles. The molecule has 0 saturated carbocycles. The van der Waals surface area contributed by atoms with Gasteiger partial charge in [0.25, 0.3) is 5.91 Å². The van der Waals surface area contributed by atoms with E-state index in [1.165, 1.54) is 31.2 Å². The molecule has 1 aliphatic heterocycles. The van der Waals surface area contributed by atoms with E-state index < -0.39 is 23.7 Å². The Kier molecular flexibility index (Phi) is 5.93. The molecule has 2 unspecified atom stereocenters. The van der Waals surface area contributed by atoms with Crippen LogP contribution in [0.25, 0.3) is 0 Å². The molecular weight excluding hydrogens is 385 g/mol. The summed E-state index contributed by atoms with van der Waals surface area (Å²) in [5, 5.41) is 2.75. The summed E-state index contributed by atoms with van der Waals surface area (Å²) < 4.78 is 44.7. The highest BCUT2D eigenvalue weighted by Gasteiger charge is 2.43. The van der Waals surface area contributed by atoms with E-state index >= 15 is 0 Å². The van der Waals surface area contributed by atoms with E-state index in [1.54, 1.807) is 24.3 Å². The summed E-state index contributed by atoms with van der Waals surface area (Å²) in [6.07, 6.45) is -4.53. The smallest absolute Gasteiger partial charge is 0.383 e. The maximum atomic E-state index is 13.2. The zero-order valence-electron chi connectivity index (χ0n) is 16.0. The first kappa shape index (κ1) is 20.9. The molecule has 0 bridgehead atoms. The lowest BCUT2D eigenvalue weighted by atomic mass is 9.79. The second kappa shape index (κ2) is 8.24. The number of nitrogens with zero attached hydrogens (tertiary/aromatic N) is 1. The monoisotopic (exact) mass is 406 g/mol. The summed E-state index contributed by atoms with van der Waals surface area (Å²) >= 11 is 0. The lowest BCUT2D eigenvalue weighted by Gasteiger charge is -2.40. The number of hydrogen-bond acceptors (Lipinski definition) is 3. The first-order valence-electron chi connectivity index (χ1n) is 9.05. The van der Waals surface area contributed by atoms with Gasteiger partial charge in [0.05, 0.1) is 24.1 Å². The van der Waals surface area contributed by atoms with Crippen molar-refractivity contribution in [1.82, 2.24) is 10.2 Å². The maximum Gasteiger partial charge on any atom is 0.416 e. The van der Waals surface area contributed by atoms with Gasteiger partial charge in [-0.05, 0) is 29.3 Å². The minimum Gasteiger partial charge on any atom is -0.383 e. The molecule has 154 valence electrons. The number of alkyl halides is 3. The number of carbonyl (C=O) groups is 2. The van der Waals surface area contributed by atoms with Crippen LogP contribution in [0.2, 0.25) is 0 Å². The van der Waals surface area contributed by atoms with Gasteiger partial charge in [-0.25, -0.2) is 0 Å². The Balaban J connectivity index is 2.10. The topological polar surface area (TPSA) is 58.6 Å². The van der Waals surface area contributed by atoms with Gasteiger partial charge < -0.3 is 15.0 Å². The molecule has 8 heteroatoms. The number of carbonyl (C=O) groups excluding carboxylic acids is 2. The van der Waals surface area contributed by atoms with Gasteiger partial charge in [0.15, 0.2) is 0 Å². The number of halogens is 3. The summed E-state index contributed by atoms with van der Waals surface area (Å²) in [6.45, 7) is 0.546. The maximum absolute atomic E-state index is 13.2. The highest BCUT2D eigenvalue weighted by atomic mass is 19.4. The summed E-state index contributed by atoms with van der Waals surface area (Å²) in [5.74, 6) is -1.57. The van der Waals surface area contributed by atoms with Crippen LogP contribution in [-0.4, -0.2) is 44.0 Å². The number of benzene rings is 2. The van der Waals surface area contributed by atoms with E-state index in [-0.39, 0.29) is 23.9 Å². The summed E-state index contributed by atoms with van der Waals surface area (Å²) in [5.41, 5.74) is 0.281. The molecule has 2 atom stereocenters. The van der Waals surface area contributed by atoms with E-state index in [1.807, 2.05) is 0 Å². The van der Waals surface area contributed by atoms with Crippen molar-refractivity contribution in [1.29, 1.82) is 0 Å². The Morgan fingerprint density at radius 2 is 1.90 bits per heavy atom. The molecule has 0 fully saturated rings. The highest BCUT2D eigenvalue weighted by molar-refractivity contribution is 6.01. The molecule has 1 aliphatic rings. The lowest BCUT2D eigenvalue weighted by molar-refractivity contribution is -0.137. The van der Waals surface area contributed by atoms with Crippen molar-refractivity contribution in [2.45, 2.75) is 18.1 Å². The predicted molar refractivity (Wildman–Crippen MR) is 100 cm³/mol. The van der Waals surface area contributed by atoms with Gasteiger partial charge >= 0.3 is 6.18 Å². The quantitative estimate of drug-likeness (QED) is 0.775. The Bertz CT molecular complexity index is 914. The molecular formula is C21H21F3N2O3. The van der Waals surface area contributed by atoms with Gasteiger partial charge in [0.2, 0.25) is 5.91 Å². The second-order valence-corrected chi connectivity index (χ2v) is 6.83. The zero-order chi connectivity index (χ0) is 21.2. The Morgan fingerprint density at radius 1 is 1.17 bits per heavy atom. The van der Waals surface area contributed by atoms with Gasteiger partial charge in [-0.3, -0.25) is 9.59 Å². The molecule has 2 aromatic carbocycles. The zero-order valence-corrected chi connectivity index (χ0v) is 16.0. The Labute approximate surface area is 166 Å². The number of amides is 2. The minimum atomic E-state index is -4.53. The highest BCUT2D eigenvalue weighted by Crippen LogP contribution is 2.43. The van der Waals surface area contributed by atoms with Crippen LogP contribution in [-0.2, 0) is 15.7 Å². The van der Waals surface area contributed by atoms with Gasteiger partial charge in [-0.1, -0.05) is 30.3 Å². The third-order valence-corrected chi connectivity index (χ3v) is 5.02. The number of ether oxygens (including phenoxy) is 1. The molecule has 2 aromatic rings. The van der Waals surface area contributed by atoms with Crippen LogP contribution in [0, 0.1) is 0 Å². The number of methoxy groups -OCH3 is 1. The van der Waals surface area contributed by atoms with E-state index in [9.17, 15) is 22.8 Å². The molecule has 1 heterocycles. The van der Waals surface area contributed by atoms with Gasteiger partial charge in [-0.2, -0.15) is 13.2 Å². The van der Waals surface area contributed by atoms with Gasteiger partial charge in [0, 0.05) is 26.3 Å². The van der Waals surface area contributed by atoms with Crippen molar-refractivity contribution in [3.8, 4) is 0 Å². The van der Waals surface area contributed by atoms with Crippen molar-refractivity contribution in [3.05, 3.63) is 70.8 Å². The predicted octanol–water partition coefficient (Wildman–Crippen LogP) is 3.38. The van der Waals surface area contributed by atoms with Crippen LogP contribution >= 0.6 is 0 Å². The van der Waals surface area contributed by atoms with Crippen LogP contribution < -0.4 is 5.32 Å². The van der Waals surface area contributed by atoms with E-state index in [2.05, 4.69) is 5.32 Å². The molecule has 0 saturated heterocycles. The summed E-state index contributed by atoms with van der Waals surface area (Å²) in [4.78, 5) is 27.2. The largest absolute Gasteiger partial charge is 0.416 e. The number of fused-ring (bicyclic) bond motifs is 1. The van der Waals surface area contributed by atoms with Crippen molar-refractivity contribution < 1.29 is 27.5 Å². The third kappa shape index (κ3) is 4.12. The van der Waals surface area contributed by atoms with Crippen LogP contribution in [0.5, 0.6) is 0 Å². The molecule has 1 N–H and O–H groups in total. The number of nitrogens with one attached hydrogen (secondary N) is 1. The Morgan fingerprint density at radius 3 is 2.59 bits per heavy atom. The molecule has 5 nitrogen and oxygen atoms in total. The number of likely N-dealkylation sites (N-methyl/N-ethyl adjacent to an activating group) is 1. The van der Waals surface area contributed by atoms with Gasteiger partial charge in [-0.15, -0.1) is 0 Å². The summed E-state index contributed by atoms with van der Waals surface area (Å²) in [7, 11) is 3.00. The SMILES string of the molecule is COCCNC(=O)C1c2ccccc2C(=O)N(C)C1c1cccc(C(F)(F)F)c1. The molecule has 29 heavy (non-hydrogen) atoms. The molecule has 2 amide bonds. The number of rotatable bonds is 5.